The summed E-state index contributed by atoms with van der Waals surface area (Å²) in [6.07, 6.45) is 10.3. The van der Waals surface area contributed by atoms with Crippen LogP contribution in [0.4, 0.5) is 0 Å². The molecule has 0 radical (unpaired) electrons. The number of hydrogen-bond donors (Lipinski definition) is 0. The van der Waals surface area contributed by atoms with Crippen LogP contribution in [0.5, 0.6) is 5.75 Å². The summed E-state index contributed by atoms with van der Waals surface area (Å²) in [4.78, 5) is 12.9. The molecule has 4 aliphatic carbocycles. The number of allylic oxidation sites excluding steroid dienone is 2. The van der Waals surface area contributed by atoms with Crippen LogP contribution in [0.2, 0.25) is 0 Å². The van der Waals surface area contributed by atoms with E-state index in [0.717, 1.165) is 31.4 Å². The molecule has 0 unspecified atom stereocenters. The second-order valence-electron chi connectivity index (χ2n) is 8.26. The first-order chi connectivity index (χ1) is 11.1. The second kappa shape index (κ2) is 4.28. The Hall–Kier alpha value is -1.57. The molecule has 23 heavy (non-hydrogen) atoms. The topological polar surface area (TPSA) is 26.3 Å². The van der Waals surface area contributed by atoms with E-state index < -0.39 is 0 Å². The van der Waals surface area contributed by atoms with Gasteiger partial charge in [0, 0.05) is 16.7 Å². The fourth-order valence-corrected chi connectivity index (χ4v) is 6.49. The van der Waals surface area contributed by atoms with Gasteiger partial charge in [-0.25, -0.2) is 0 Å². The normalized spacial score (nSPS) is 43.0. The summed E-state index contributed by atoms with van der Waals surface area (Å²) in [5, 5.41) is 0. The molecule has 2 bridgehead atoms. The van der Waals surface area contributed by atoms with Crippen molar-refractivity contribution in [2.75, 3.05) is 7.11 Å². The van der Waals surface area contributed by atoms with E-state index >= 15 is 0 Å². The second-order valence-corrected chi connectivity index (χ2v) is 8.26. The van der Waals surface area contributed by atoms with Crippen molar-refractivity contribution in [3.8, 4) is 5.75 Å². The molecule has 1 spiro atoms. The number of carbonyl (C=O) groups excluding carboxylic acids is 1. The Morgan fingerprint density at radius 2 is 2.13 bits per heavy atom. The number of rotatable bonds is 1. The maximum atomic E-state index is 12.9. The Labute approximate surface area is 137 Å². The van der Waals surface area contributed by atoms with Gasteiger partial charge < -0.3 is 4.74 Å². The first-order valence-corrected chi connectivity index (χ1v) is 8.99. The molecule has 120 valence electrons. The van der Waals surface area contributed by atoms with Gasteiger partial charge in [0.2, 0.25) is 0 Å². The summed E-state index contributed by atoms with van der Waals surface area (Å²) >= 11 is 0. The Kier molecular flexibility index (Phi) is 2.58. The highest BCUT2D eigenvalue weighted by atomic mass is 16.5. The molecule has 2 fully saturated rings. The Bertz CT molecular complexity index is 733. The molecule has 0 aliphatic heterocycles. The lowest BCUT2D eigenvalue weighted by molar-refractivity contribution is -0.135. The molecule has 0 saturated heterocycles. The maximum absolute atomic E-state index is 12.9. The van der Waals surface area contributed by atoms with E-state index in [1.807, 2.05) is 0 Å². The van der Waals surface area contributed by atoms with Gasteiger partial charge in [-0.1, -0.05) is 25.1 Å². The molecule has 5 rings (SSSR count). The van der Waals surface area contributed by atoms with Gasteiger partial charge in [-0.3, -0.25) is 4.79 Å². The molecular weight excluding hydrogens is 284 g/mol. The summed E-state index contributed by atoms with van der Waals surface area (Å²) < 4.78 is 5.41. The fraction of sp³-hybridized carbons (Fsp3) is 0.571. The van der Waals surface area contributed by atoms with Crippen molar-refractivity contribution < 1.29 is 9.53 Å². The first kappa shape index (κ1) is 13.8. The quantitative estimate of drug-likeness (QED) is 0.724. The average Bonchev–Trinajstić information content (AvgIpc) is 3.11. The van der Waals surface area contributed by atoms with E-state index in [1.165, 1.54) is 17.5 Å². The fourth-order valence-electron chi connectivity index (χ4n) is 6.49. The van der Waals surface area contributed by atoms with Gasteiger partial charge >= 0.3 is 0 Å². The van der Waals surface area contributed by atoms with Crippen molar-refractivity contribution in [3.05, 3.63) is 41.5 Å². The third-order valence-corrected chi connectivity index (χ3v) is 7.67. The molecule has 0 aromatic heterocycles. The zero-order valence-corrected chi connectivity index (χ0v) is 14.0. The van der Waals surface area contributed by atoms with Gasteiger partial charge in [0.25, 0.3) is 0 Å². The number of ketones is 1. The summed E-state index contributed by atoms with van der Waals surface area (Å²) in [5.41, 5.74) is 3.02. The van der Waals surface area contributed by atoms with Gasteiger partial charge in [-0.15, -0.1) is 0 Å². The predicted molar refractivity (Wildman–Crippen MR) is 89.6 cm³/mol. The molecule has 0 amide bonds. The first-order valence-electron chi connectivity index (χ1n) is 8.99. The third kappa shape index (κ3) is 1.48. The van der Waals surface area contributed by atoms with E-state index in [4.69, 9.17) is 4.74 Å². The minimum atomic E-state index is -0.0996. The molecule has 1 aromatic rings. The zero-order chi connectivity index (χ0) is 15.8. The predicted octanol–water partition coefficient (Wildman–Crippen LogP) is 4.29. The Morgan fingerprint density at radius 3 is 2.96 bits per heavy atom. The zero-order valence-electron chi connectivity index (χ0n) is 14.0. The number of benzene rings is 1. The number of carbonyl (C=O) groups is 1. The van der Waals surface area contributed by atoms with Crippen molar-refractivity contribution in [1.82, 2.24) is 0 Å². The van der Waals surface area contributed by atoms with Crippen LogP contribution >= 0.6 is 0 Å². The van der Waals surface area contributed by atoms with Crippen LogP contribution in [-0.4, -0.2) is 12.9 Å². The van der Waals surface area contributed by atoms with Gasteiger partial charge in [0.05, 0.1) is 7.11 Å². The molecular formula is C21H24O2. The number of Topliss-reactive ketones (excluding diaryl/α,β-unsaturated/α-hetero) is 1. The van der Waals surface area contributed by atoms with Crippen LogP contribution in [0.1, 0.15) is 49.7 Å². The summed E-state index contributed by atoms with van der Waals surface area (Å²) in [6.45, 7) is 2.26. The van der Waals surface area contributed by atoms with Gasteiger partial charge in [-0.05, 0) is 67.2 Å². The lowest BCUT2D eigenvalue weighted by Crippen LogP contribution is -2.51. The minimum absolute atomic E-state index is 0.0996. The van der Waals surface area contributed by atoms with Gasteiger partial charge in [0.1, 0.15) is 11.5 Å². The Morgan fingerprint density at radius 1 is 1.26 bits per heavy atom. The van der Waals surface area contributed by atoms with Crippen molar-refractivity contribution in [2.24, 2.45) is 22.7 Å². The van der Waals surface area contributed by atoms with Crippen LogP contribution < -0.4 is 4.74 Å². The largest absolute Gasteiger partial charge is 0.497 e. The van der Waals surface area contributed by atoms with Crippen molar-refractivity contribution in [2.45, 2.75) is 44.9 Å². The molecule has 0 N–H and O–H groups in total. The van der Waals surface area contributed by atoms with E-state index in [-0.39, 0.29) is 16.7 Å². The van der Waals surface area contributed by atoms with E-state index in [1.54, 1.807) is 7.11 Å². The average molecular weight is 308 g/mol. The number of hydrogen-bond acceptors (Lipinski definition) is 2. The van der Waals surface area contributed by atoms with Crippen molar-refractivity contribution >= 4 is 5.78 Å². The molecule has 2 saturated carbocycles. The number of methoxy groups -OCH3 is 1. The summed E-state index contributed by atoms with van der Waals surface area (Å²) in [7, 11) is 1.74. The third-order valence-electron chi connectivity index (χ3n) is 7.67. The standard InChI is InChI=1S/C21H24O2/c1-20-9-8-17-16-5-4-15(23-2)11-13(16)3-6-18(17)21(20)10-7-14(12-21)19(20)22/h4-5,7,10-11,14,17-18H,3,6,8-9,12H2,1-2H3/t14-,17-,18-,20-,21+/m1/s1. The highest BCUT2D eigenvalue weighted by molar-refractivity contribution is 5.94. The van der Waals surface area contributed by atoms with E-state index in [2.05, 4.69) is 37.3 Å². The van der Waals surface area contributed by atoms with E-state index in [9.17, 15) is 4.79 Å². The molecule has 2 nitrogen and oxygen atoms in total. The minimum Gasteiger partial charge on any atom is -0.497 e. The molecule has 1 aromatic carbocycles. The molecule has 4 aliphatic rings. The van der Waals surface area contributed by atoms with Crippen molar-refractivity contribution in [1.29, 1.82) is 0 Å². The SMILES string of the molecule is COc1ccc2c(c1)CC[C@@H]1[C@@H]2CC[C@]2(C)C(=O)[C@@H]3C=C[C@]12C3. The highest BCUT2D eigenvalue weighted by Gasteiger charge is 2.67. The summed E-state index contributed by atoms with van der Waals surface area (Å²) in [5.74, 6) is 2.95. The number of fused-ring (bicyclic) bond motifs is 4. The van der Waals surface area contributed by atoms with Crippen molar-refractivity contribution in [3.63, 3.8) is 0 Å². The smallest absolute Gasteiger partial charge is 0.146 e. The Balaban J connectivity index is 1.61. The maximum Gasteiger partial charge on any atom is 0.146 e. The monoisotopic (exact) mass is 308 g/mol. The lowest BCUT2D eigenvalue weighted by Gasteiger charge is -2.55. The van der Waals surface area contributed by atoms with Gasteiger partial charge in [0.15, 0.2) is 0 Å². The number of aryl methyl sites for hydroxylation is 1. The van der Waals surface area contributed by atoms with Crippen LogP contribution in [0.3, 0.4) is 0 Å². The molecule has 0 heterocycles. The van der Waals surface area contributed by atoms with E-state index in [0.29, 0.717) is 17.6 Å². The van der Waals surface area contributed by atoms with Crippen LogP contribution in [0, 0.1) is 22.7 Å². The van der Waals surface area contributed by atoms with Gasteiger partial charge in [-0.2, -0.15) is 0 Å². The highest BCUT2D eigenvalue weighted by Crippen LogP contribution is 2.71. The van der Waals surface area contributed by atoms with Crippen LogP contribution in [0.25, 0.3) is 0 Å². The molecule has 5 atom stereocenters. The van der Waals surface area contributed by atoms with Crippen LogP contribution in [0.15, 0.2) is 30.4 Å². The van der Waals surface area contributed by atoms with Crippen LogP contribution in [-0.2, 0) is 11.2 Å². The lowest BCUT2D eigenvalue weighted by atomic mass is 9.47. The summed E-state index contributed by atoms with van der Waals surface area (Å²) in [6, 6.07) is 6.63. The molecule has 2 heteroatoms. The number of ether oxygens (including phenoxy) is 1.